The molecule has 0 aromatic heterocycles. The second kappa shape index (κ2) is 12.3. The maximum atomic E-state index is 14.7. The third-order valence-electron chi connectivity index (χ3n) is 7.32. The van der Waals surface area contributed by atoms with Gasteiger partial charge in [-0.25, -0.2) is 0 Å². The first-order valence-corrected chi connectivity index (χ1v) is 12.8. The van der Waals surface area contributed by atoms with E-state index < -0.39 is 24.1 Å². The van der Waals surface area contributed by atoms with E-state index in [4.69, 9.17) is 4.74 Å². The summed E-state index contributed by atoms with van der Waals surface area (Å²) in [7, 11) is 0. The van der Waals surface area contributed by atoms with Crippen LogP contribution in [0.15, 0.2) is 36.4 Å². The number of hydrogen-bond acceptors (Lipinski definition) is 2. The average Bonchev–Trinajstić information content (AvgIpc) is 2.79. The summed E-state index contributed by atoms with van der Waals surface area (Å²) in [5, 5.41) is 0. The zero-order valence-corrected chi connectivity index (χ0v) is 20.0. The van der Waals surface area contributed by atoms with Gasteiger partial charge in [-0.3, -0.25) is 0 Å². The summed E-state index contributed by atoms with van der Waals surface area (Å²) < 4.78 is 74.7. The number of unbranched alkanes of at least 4 members (excludes halogenated alkanes) is 2. The molecule has 0 saturated heterocycles. The lowest BCUT2D eigenvalue weighted by molar-refractivity contribution is -0.274. The highest BCUT2D eigenvalue weighted by Crippen LogP contribution is 2.41. The van der Waals surface area contributed by atoms with Crippen LogP contribution in [-0.4, -0.2) is 12.5 Å². The zero-order chi connectivity index (χ0) is 24.6. The van der Waals surface area contributed by atoms with Gasteiger partial charge in [0, 0.05) is 0 Å². The second-order valence-electron chi connectivity index (χ2n) is 9.96. The van der Waals surface area contributed by atoms with Crippen LogP contribution < -0.4 is 9.47 Å². The van der Waals surface area contributed by atoms with Gasteiger partial charge >= 0.3 is 12.5 Å². The van der Waals surface area contributed by atoms with E-state index >= 15 is 0 Å². The zero-order valence-electron chi connectivity index (χ0n) is 20.0. The van der Waals surface area contributed by atoms with Crippen molar-refractivity contribution in [3.05, 3.63) is 36.4 Å². The van der Waals surface area contributed by atoms with Crippen molar-refractivity contribution in [1.82, 2.24) is 0 Å². The van der Waals surface area contributed by atoms with E-state index in [1.807, 2.05) is 0 Å². The van der Waals surface area contributed by atoms with E-state index in [2.05, 4.69) is 23.8 Å². The minimum absolute atomic E-state index is 0.174. The molecule has 1 aromatic rings. The van der Waals surface area contributed by atoms with Crippen molar-refractivity contribution < 1.29 is 31.4 Å². The lowest BCUT2D eigenvalue weighted by atomic mass is 9.78. The van der Waals surface area contributed by atoms with Gasteiger partial charge in [-0.15, -0.1) is 13.2 Å². The van der Waals surface area contributed by atoms with Crippen LogP contribution in [0.4, 0.5) is 22.0 Å². The molecular weight excluding hydrogens is 451 g/mol. The molecule has 0 atom stereocenters. The van der Waals surface area contributed by atoms with E-state index in [0.717, 1.165) is 30.2 Å². The number of hydrogen-bond donors (Lipinski definition) is 0. The van der Waals surface area contributed by atoms with Gasteiger partial charge in [0.2, 0.25) is 0 Å². The Balaban J connectivity index is 1.40. The first-order valence-electron chi connectivity index (χ1n) is 12.8. The largest absolute Gasteiger partial charge is 0.573 e. The fourth-order valence-electron chi connectivity index (χ4n) is 5.26. The van der Waals surface area contributed by atoms with E-state index in [0.29, 0.717) is 37.5 Å². The van der Waals surface area contributed by atoms with Crippen LogP contribution in [0.3, 0.4) is 0 Å². The Morgan fingerprint density at radius 2 is 1.24 bits per heavy atom. The van der Waals surface area contributed by atoms with Crippen molar-refractivity contribution in [2.75, 3.05) is 0 Å². The highest BCUT2D eigenvalue weighted by Gasteiger charge is 2.43. The first-order chi connectivity index (χ1) is 16.1. The Hall–Kier alpha value is -1.79. The Bertz CT molecular complexity index is 743. The normalized spacial score (nSPS) is 26.5. The molecule has 2 aliphatic rings. The van der Waals surface area contributed by atoms with Crippen molar-refractivity contribution in [2.24, 2.45) is 23.7 Å². The maximum absolute atomic E-state index is 14.7. The molecule has 0 heterocycles. The molecule has 192 valence electrons. The molecule has 0 spiro atoms. The second-order valence-corrected chi connectivity index (χ2v) is 9.96. The predicted octanol–water partition coefficient (Wildman–Crippen LogP) is 9.31. The van der Waals surface area contributed by atoms with E-state index in [9.17, 15) is 22.0 Å². The summed E-state index contributed by atoms with van der Waals surface area (Å²) in [5.74, 6) is 0.277. The van der Waals surface area contributed by atoms with E-state index in [1.165, 1.54) is 51.4 Å². The van der Waals surface area contributed by atoms with Crippen LogP contribution in [0, 0.1) is 23.7 Å². The summed E-state index contributed by atoms with van der Waals surface area (Å²) in [6.07, 6.45) is 8.89. The molecule has 3 rings (SSSR count). The summed E-state index contributed by atoms with van der Waals surface area (Å²) in [5.41, 5.74) is 0. The molecule has 2 aliphatic carbocycles. The number of rotatable bonds is 10. The molecule has 2 fully saturated rings. The van der Waals surface area contributed by atoms with Crippen molar-refractivity contribution in [3.63, 3.8) is 0 Å². The van der Waals surface area contributed by atoms with Gasteiger partial charge in [-0.05, 0) is 93.4 Å². The monoisotopic (exact) mass is 488 g/mol. The Labute approximate surface area is 199 Å². The van der Waals surface area contributed by atoms with Crippen LogP contribution in [0.25, 0.3) is 0 Å². The van der Waals surface area contributed by atoms with Crippen LogP contribution >= 0.6 is 0 Å². The molecule has 0 unspecified atom stereocenters. The third kappa shape index (κ3) is 8.77. The quantitative estimate of drug-likeness (QED) is 0.186. The van der Waals surface area contributed by atoms with Gasteiger partial charge in [0.25, 0.3) is 0 Å². The molecule has 2 nitrogen and oxygen atoms in total. The average molecular weight is 489 g/mol. The number of allylic oxidation sites excluding steroid dienone is 2. The SMILES string of the molecule is CCCCCC1CCC(/C=C/C2CCC(C(F)(F)Oc3ccc(OC(F)(F)F)cc3)CC2)CC1. The van der Waals surface area contributed by atoms with Crippen LogP contribution in [-0.2, 0) is 0 Å². The first kappa shape index (κ1) is 26.8. The van der Waals surface area contributed by atoms with Gasteiger partial charge in [-0.2, -0.15) is 8.78 Å². The molecular formula is C27H37F5O2. The minimum atomic E-state index is -4.83. The topological polar surface area (TPSA) is 18.5 Å². The maximum Gasteiger partial charge on any atom is 0.573 e. The van der Waals surface area contributed by atoms with Gasteiger partial charge in [0.05, 0.1) is 5.92 Å². The minimum Gasteiger partial charge on any atom is -0.432 e. The van der Waals surface area contributed by atoms with Crippen molar-refractivity contribution in [2.45, 2.75) is 96.4 Å². The highest BCUT2D eigenvalue weighted by atomic mass is 19.4. The highest BCUT2D eigenvalue weighted by molar-refractivity contribution is 5.31. The van der Waals surface area contributed by atoms with Gasteiger partial charge in [0.1, 0.15) is 11.5 Å². The molecule has 0 N–H and O–H groups in total. The smallest absolute Gasteiger partial charge is 0.432 e. The molecule has 2 saturated carbocycles. The van der Waals surface area contributed by atoms with Crippen molar-refractivity contribution in [1.29, 1.82) is 0 Å². The molecule has 0 aliphatic heterocycles. The van der Waals surface area contributed by atoms with Gasteiger partial charge in [-0.1, -0.05) is 44.8 Å². The molecule has 0 bridgehead atoms. The number of halogens is 5. The third-order valence-corrected chi connectivity index (χ3v) is 7.32. The number of alkyl halides is 5. The Kier molecular flexibility index (Phi) is 9.66. The number of benzene rings is 1. The van der Waals surface area contributed by atoms with Crippen LogP contribution in [0.5, 0.6) is 11.5 Å². The summed E-state index contributed by atoms with van der Waals surface area (Å²) >= 11 is 0. The summed E-state index contributed by atoms with van der Waals surface area (Å²) in [6, 6.07) is 4.09. The van der Waals surface area contributed by atoms with Crippen LogP contribution in [0.1, 0.15) is 84.0 Å². The van der Waals surface area contributed by atoms with Crippen LogP contribution in [0.2, 0.25) is 0 Å². The van der Waals surface area contributed by atoms with Gasteiger partial charge < -0.3 is 9.47 Å². The fourth-order valence-corrected chi connectivity index (χ4v) is 5.26. The molecule has 0 radical (unpaired) electrons. The van der Waals surface area contributed by atoms with Crippen molar-refractivity contribution in [3.8, 4) is 11.5 Å². The fraction of sp³-hybridized carbons (Fsp3) is 0.704. The Morgan fingerprint density at radius 1 is 0.735 bits per heavy atom. The molecule has 1 aromatic carbocycles. The van der Waals surface area contributed by atoms with Crippen molar-refractivity contribution >= 4 is 0 Å². The molecule has 0 amide bonds. The molecule has 7 heteroatoms. The van der Waals surface area contributed by atoms with E-state index in [1.54, 1.807) is 0 Å². The summed E-state index contributed by atoms with van der Waals surface area (Å²) in [6.45, 7) is 2.24. The number of ether oxygens (including phenoxy) is 2. The van der Waals surface area contributed by atoms with E-state index in [-0.39, 0.29) is 5.75 Å². The summed E-state index contributed by atoms with van der Waals surface area (Å²) in [4.78, 5) is 0. The Morgan fingerprint density at radius 3 is 1.74 bits per heavy atom. The lowest BCUT2D eigenvalue weighted by Crippen LogP contribution is -2.37. The van der Waals surface area contributed by atoms with Gasteiger partial charge in [0.15, 0.2) is 0 Å². The molecule has 34 heavy (non-hydrogen) atoms. The standard InChI is InChI=1S/C27H37F5O2/c1-2-3-4-5-20-6-8-21(9-7-20)10-11-22-12-14-23(15-13-22)26(28,29)33-24-16-18-25(19-17-24)34-27(30,31)32/h10-11,16-23H,2-9,12-15H2,1H3/b11-10+. The predicted molar refractivity (Wildman–Crippen MR) is 123 cm³/mol. The lowest BCUT2D eigenvalue weighted by Gasteiger charge is -2.32.